The largest absolute Gasteiger partial charge is 0.593 e. The summed E-state index contributed by atoms with van der Waals surface area (Å²) in [7, 11) is 0. The van der Waals surface area contributed by atoms with Crippen molar-refractivity contribution in [2.45, 2.75) is 75.9 Å². The van der Waals surface area contributed by atoms with Crippen molar-refractivity contribution in [1.82, 2.24) is 4.90 Å². The normalized spacial score (nSPS) is 21.5. The van der Waals surface area contributed by atoms with Crippen LogP contribution < -0.4 is 4.31 Å². The first kappa shape index (κ1) is 31.3. The number of hydrogen-bond acceptors (Lipinski definition) is 5. The molecule has 41 heavy (non-hydrogen) atoms. The molecule has 1 aliphatic carbocycles. The van der Waals surface area contributed by atoms with Crippen LogP contribution in [-0.2, 0) is 22.6 Å². The average molecular weight is 598 g/mol. The predicted octanol–water partition coefficient (Wildman–Crippen LogP) is 7.37. The van der Waals surface area contributed by atoms with Gasteiger partial charge in [0.2, 0.25) is 5.90 Å². The quantitative estimate of drug-likeness (QED) is 0.108. The van der Waals surface area contributed by atoms with Gasteiger partial charge < -0.3 is 9.29 Å². The molecule has 11 heteroatoms. The molecule has 0 amide bonds. The SMILES string of the molecule is C=C(OC(=N)c1ccc(CN(c2cccc(C)c2)[S+]([O-])C2CCN(C3CCC(C(F)(F)F)CC3)CC2)cc1)C(F)F. The first-order valence-corrected chi connectivity index (χ1v) is 15.0. The summed E-state index contributed by atoms with van der Waals surface area (Å²) in [6.45, 7) is 6.84. The Morgan fingerprint density at radius 2 is 1.71 bits per heavy atom. The van der Waals surface area contributed by atoms with Crippen molar-refractivity contribution >= 4 is 22.9 Å². The minimum absolute atomic E-state index is 0.0977. The van der Waals surface area contributed by atoms with Crippen LogP contribution >= 0.6 is 0 Å². The lowest BCUT2D eigenvalue weighted by Crippen LogP contribution is -2.49. The second-order valence-corrected chi connectivity index (χ2v) is 12.5. The highest BCUT2D eigenvalue weighted by Crippen LogP contribution is 2.39. The number of alkyl halides is 5. The number of anilines is 1. The molecule has 1 atom stereocenters. The summed E-state index contributed by atoms with van der Waals surface area (Å²) < 4.78 is 85.3. The second kappa shape index (κ2) is 13.6. The van der Waals surface area contributed by atoms with Crippen molar-refractivity contribution in [2.24, 2.45) is 5.92 Å². The van der Waals surface area contributed by atoms with Crippen LogP contribution in [-0.4, -0.2) is 52.3 Å². The standard InChI is InChI=1S/C30H36F5N3O2S/c1-20-4-3-5-26(18-20)38(19-22-6-8-23(9-7-22)29(36)40-21(2)28(31)32)41(39)27-14-16-37(17-15-27)25-12-10-24(11-13-25)30(33,34)35/h3-9,18,24-25,27-28,36H,2,10-17,19H2,1H3. The van der Waals surface area contributed by atoms with Gasteiger partial charge in [-0.05, 0) is 68.0 Å². The summed E-state index contributed by atoms with van der Waals surface area (Å²) in [5.41, 5.74) is 2.97. The van der Waals surface area contributed by atoms with Gasteiger partial charge in [0.25, 0.3) is 6.43 Å². The lowest BCUT2D eigenvalue weighted by atomic mass is 9.84. The molecule has 2 fully saturated rings. The molecule has 1 N–H and O–H groups in total. The number of halogens is 5. The number of likely N-dealkylation sites (tertiary alicyclic amines) is 1. The summed E-state index contributed by atoms with van der Waals surface area (Å²) in [6, 6.07) is 14.6. The van der Waals surface area contributed by atoms with Crippen molar-refractivity contribution in [2.75, 3.05) is 17.4 Å². The number of hydrogen-bond donors (Lipinski definition) is 1. The highest BCUT2D eigenvalue weighted by molar-refractivity contribution is 7.93. The molecule has 2 aromatic carbocycles. The molecule has 1 unspecified atom stereocenters. The van der Waals surface area contributed by atoms with Crippen LogP contribution in [0.15, 0.2) is 60.9 Å². The van der Waals surface area contributed by atoms with Gasteiger partial charge in [-0.2, -0.15) is 17.5 Å². The third kappa shape index (κ3) is 8.23. The number of rotatable bonds is 9. The highest BCUT2D eigenvalue weighted by atomic mass is 32.2. The number of aryl methyl sites for hydroxylation is 1. The second-order valence-electron chi connectivity index (χ2n) is 10.8. The van der Waals surface area contributed by atoms with Gasteiger partial charge in [-0.1, -0.05) is 30.8 Å². The van der Waals surface area contributed by atoms with E-state index in [0.29, 0.717) is 50.9 Å². The van der Waals surface area contributed by atoms with E-state index in [1.54, 1.807) is 24.3 Å². The first-order chi connectivity index (χ1) is 19.4. The van der Waals surface area contributed by atoms with E-state index in [9.17, 15) is 26.5 Å². The fraction of sp³-hybridized carbons (Fsp3) is 0.500. The summed E-state index contributed by atoms with van der Waals surface area (Å²) in [6.07, 6.45) is -4.19. The molecule has 0 aromatic heterocycles. The number of nitrogens with one attached hydrogen (secondary N) is 1. The molecule has 0 radical (unpaired) electrons. The third-order valence-electron chi connectivity index (χ3n) is 7.96. The third-order valence-corrected chi connectivity index (χ3v) is 9.78. The Morgan fingerprint density at radius 3 is 2.27 bits per heavy atom. The van der Waals surface area contributed by atoms with Crippen molar-refractivity contribution < 1.29 is 31.2 Å². The number of nitrogens with zero attached hydrogens (tertiary/aromatic N) is 2. The number of benzene rings is 2. The lowest BCUT2D eigenvalue weighted by molar-refractivity contribution is -0.184. The van der Waals surface area contributed by atoms with Crippen LogP contribution in [0.2, 0.25) is 0 Å². The summed E-state index contributed by atoms with van der Waals surface area (Å²) >= 11 is -1.37. The Kier molecular flexibility index (Phi) is 10.4. The molecule has 4 rings (SSSR count). The topological polar surface area (TPSA) is 62.6 Å². The molecule has 5 nitrogen and oxygen atoms in total. The van der Waals surface area contributed by atoms with E-state index < -0.39 is 41.5 Å². The maximum Gasteiger partial charge on any atom is 0.391 e. The van der Waals surface area contributed by atoms with E-state index in [1.165, 1.54) is 0 Å². The average Bonchev–Trinajstić information content (AvgIpc) is 2.95. The fourth-order valence-electron chi connectivity index (χ4n) is 5.59. The Morgan fingerprint density at radius 1 is 1.07 bits per heavy atom. The van der Waals surface area contributed by atoms with E-state index in [4.69, 9.17) is 10.1 Å². The lowest BCUT2D eigenvalue weighted by Gasteiger charge is -2.42. The molecular formula is C30H36F5N3O2S. The van der Waals surface area contributed by atoms with Crippen LogP contribution in [0.25, 0.3) is 0 Å². The van der Waals surface area contributed by atoms with Crippen molar-refractivity contribution in [1.29, 1.82) is 5.41 Å². The van der Waals surface area contributed by atoms with Crippen LogP contribution in [0.4, 0.5) is 27.6 Å². The Labute approximate surface area is 241 Å². The van der Waals surface area contributed by atoms with Crippen molar-refractivity contribution in [3.8, 4) is 0 Å². The number of piperidine rings is 1. The van der Waals surface area contributed by atoms with Gasteiger partial charge >= 0.3 is 6.18 Å². The maximum atomic E-state index is 14.0. The molecule has 224 valence electrons. The van der Waals surface area contributed by atoms with Gasteiger partial charge in [-0.3, -0.25) is 10.3 Å². The van der Waals surface area contributed by atoms with Crippen LogP contribution in [0.1, 0.15) is 55.2 Å². The minimum atomic E-state index is -4.12. The zero-order valence-corrected chi connectivity index (χ0v) is 23.8. The zero-order valence-electron chi connectivity index (χ0n) is 23.0. The molecular weight excluding hydrogens is 561 g/mol. The fourth-order valence-corrected chi connectivity index (χ4v) is 7.17. The van der Waals surface area contributed by atoms with Gasteiger partial charge in [0.05, 0.1) is 29.5 Å². The Balaban J connectivity index is 1.40. The Hall–Kier alpha value is -2.63. The van der Waals surface area contributed by atoms with E-state index in [0.717, 1.165) is 16.8 Å². The monoisotopic (exact) mass is 597 g/mol. The van der Waals surface area contributed by atoms with Gasteiger partial charge in [-0.25, -0.2) is 8.78 Å². The molecule has 1 aliphatic heterocycles. The van der Waals surface area contributed by atoms with Gasteiger partial charge in [0.1, 0.15) is 5.25 Å². The summed E-state index contributed by atoms with van der Waals surface area (Å²) in [5.74, 6) is -2.42. The smallest absolute Gasteiger partial charge is 0.391 e. The van der Waals surface area contributed by atoms with Crippen molar-refractivity contribution in [3.63, 3.8) is 0 Å². The molecule has 1 heterocycles. The van der Waals surface area contributed by atoms with Crippen molar-refractivity contribution in [3.05, 3.63) is 77.6 Å². The van der Waals surface area contributed by atoms with Crippen LogP contribution in [0.3, 0.4) is 0 Å². The van der Waals surface area contributed by atoms with E-state index in [-0.39, 0.29) is 24.1 Å². The van der Waals surface area contributed by atoms with E-state index in [1.807, 2.05) is 35.5 Å². The number of ether oxygens (including phenoxy) is 1. The van der Waals surface area contributed by atoms with E-state index in [2.05, 4.69) is 11.5 Å². The predicted molar refractivity (Wildman–Crippen MR) is 151 cm³/mol. The maximum absolute atomic E-state index is 14.0. The number of allylic oxidation sites excluding steroid dienone is 1. The van der Waals surface area contributed by atoms with Gasteiger partial charge in [0, 0.05) is 37.5 Å². The summed E-state index contributed by atoms with van der Waals surface area (Å²) in [4.78, 5) is 2.27. The van der Waals surface area contributed by atoms with Crippen LogP contribution in [0.5, 0.6) is 0 Å². The summed E-state index contributed by atoms with van der Waals surface area (Å²) in [5, 5.41) is 7.83. The molecule has 2 aromatic rings. The molecule has 0 spiro atoms. The molecule has 1 saturated heterocycles. The zero-order chi connectivity index (χ0) is 29.7. The molecule has 0 bridgehead atoms. The first-order valence-electron chi connectivity index (χ1n) is 13.8. The van der Waals surface area contributed by atoms with E-state index >= 15 is 0 Å². The highest BCUT2D eigenvalue weighted by Gasteiger charge is 2.43. The molecule has 1 saturated carbocycles. The Bertz CT molecular complexity index is 1180. The molecule has 2 aliphatic rings. The van der Waals surface area contributed by atoms with Crippen LogP contribution in [0, 0.1) is 18.3 Å². The van der Waals surface area contributed by atoms with Gasteiger partial charge in [0.15, 0.2) is 5.76 Å². The minimum Gasteiger partial charge on any atom is -0.593 e. The van der Waals surface area contributed by atoms with Gasteiger partial charge in [-0.15, -0.1) is 0 Å².